The van der Waals surface area contributed by atoms with Gasteiger partial charge in [0.15, 0.2) is 0 Å². The summed E-state index contributed by atoms with van der Waals surface area (Å²) in [5, 5.41) is 0. The second kappa shape index (κ2) is 5.21. The Morgan fingerprint density at radius 1 is 1.29 bits per heavy atom. The maximum Gasteiger partial charge on any atom is 0.325 e. The number of fused-ring (bicyclic) bond motifs is 1. The Labute approximate surface area is 102 Å². The van der Waals surface area contributed by atoms with Gasteiger partial charge in [0.2, 0.25) is 0 Å². The molecule has 0 aliphatic heterocycles. The van der Waals surface area contributed by atoms with E-state index in [1.807, 2.05) is 11.9 Å². The van der Waals surface area contributed by atoms with Crippen molar-refractivity contribution in [3.05, 3.63) is 29.3 Å². The Hall–Kier alpha value is -1.51. The van der Waals surface area contributed by atoms with E-state index in [-0.39, 0.29) is 5.97 Å². The maximum atomic E-state index is 11.2. The van der Waals surface area contributed by atoms with Crippen LogP contribution < -0.4 is 4.90 Å². The van der Waals surface area contributed by atoms with Crippen LogP contribution in [0.5, 0.6) is 0 Å². The Balaban J connectivity index is 2.13. The van der Waals surface area contributed by atoms with Crippen LogP contribution in [0.3, 0.4) is 0 Å². The maximum absolute atomic E-state index is 11.2. The lowest BCUT2D eigenvalue weighted by molar-refractivity contribution is -0.138. The molecule has 1 aromatic carbocycles. The molecule has 0 radical (unpaired) electrons. The van der Waals surface area contributed by atoms with Crippen LogP contribution in [-0.2, 0) is 22.4 Å². The van der Waals surface area contributed by atoms with Crippen LogP contribution in [0.2, 0.25) is 0 Å². The zero-order valence-electron chi connectivity index (χ0n) is 10.5. The van der Waals surface area contributed by atoms with Crippen LogP contribution in [0.4, 0.5) is 5.69 Å². The Morgan fingerprint density at radius 2 is 2.00 bits per heavy atom. The van der Waals surface area contributed by atoms with E-state index < -0.39 is 0 Å². The van der Waals surface area contributed by atoms with E-state index in [1.54, 1.807) is 0 Å². The molecule has 0 heterocycles. The summed E-state index contributed by atoms with van der Waals surface area (Å²) < 4.78 is 4.67. The molecule has 3 nitrogen and oxygen atoms in total. The number of aryl methyl sites for hydroxylation is 2. The average Bonchev–Trinajstić information content (AvgIpc) is 2.38. The number of hydrogen-bond donors (Lipinski definition) is 0. The molecule has 92 valence electrons. The minimum Gasteiger partial charge on any atom is -0.468 e. The second-order valence-corrected chi connectivity index (χ2v) is 4.59. The normalized spacial score (nSPS) is 14.0. The van der Waals surface area contributed by atoms with Gasteiger partial charge in [0.05, 0.1) is 7.11 Å². The fourth-order valence-corrected chi connectivity index (χ4v) is 2.31. The summed E-state index contributed by atoms with van der Waals surface area (Å²) in [6, 6.07) is 6.49. The smallest absolute Gasteiger partial charge is 0.325 e. The average molecular weight is 233 g/mol. The molecule has 0 aromatic heterocycles. The Morgan fingerprint density at radius 3 is 2.71 bits per heavy atom. The van der Waals surface area contributed by atoms with Crippen LogP contribution >= 0.6 is 0 Å². The SMILES string of the molecule is COC(=O)CN(C)c1ccc2c(c1)CCCC2. The van der Waals surface area contributed by atoms with Gasteiger partial charge >= 0.3 is 5.97 Å². The van der Waals surface area contributed by atoms with Crippen molar-refractivity contribution in [3.63, 3.8) is 0 Å². The fraction of sp³-hybridized carbons (Fsp3) is 0.500. The number of nitrogens with zero attached hydrogens (tertiary/aromatic N) is 1. The molecule has 0 saturated heterocycles. The predicted octanol–water partition coefficient (Wildman–Crippen LogP) is 2.17. The number of benzene rings is 1. The van der Waals surface area contributed by atoms with Gasteiger partial charge in [-0.3, -0.25) is 4.79 Å². The van der Waals surface area contributed by atoms with Crippen LogP contribution in [0, 0.1) is 0 Å². The summed E-state index contributed by atoms with van der Waals surface area (Å²) >= 11 is 0. The summed E-state index contributed by atoms with van der Waals surface area (Å²) in [5.74, 6) is -0.203. The van der Waals surface area contributed by atoms with Crippen molar-refractivity contribution >= 4 is 11.7 Å². The van der Waals surface area contributed by atoms with Gasteiger partial charge in [-0.25, -0.2) is 0 Å². The summed E-state index contributed by atoms with van der Waals surface area (Å²) in [6.45, 7) is 0.301. The van der Waals surface area contributed by atoms with Crippen molar-refractivity contribution in [2.45, 2.75) is 25.7 Å². The summed E-state index contributed by atoms with van der Waals surface area (Å²) in [7, 11) is 3.34. The highest BCUT2D eigenvalue weighted by Crippen LogP contribution is 2.25. The molecule has 0 unspecified atom stereocenters. The van der Waals surface area contributed by atoms with Crippen molar-refractivity contribution in [1.29, 1.82) is 0 Å². The van der Waals surface area contributed by atoms with Gasteiger partial charge < -0.3 is 9.64 Å². The summed E-state index contributed by atoms with van der Waals surface area (Å²) in [5.41, 5.74) is 3.99. The summed E-state index contributed by atoms with van der Waals surface area (Å²) in [4.78, 5) is 13.2. The number of ether oxygens (including phenoxy) is 1. The predicted molar refractivity (Wildman–Crippen MR) is 68.4 cm³/mol. The highest BCUT2D eigenvalue weighted by atomic mass is 16.5. The van der Waals surface area contributed by atoms with Crippen LogP contribution in [0.15, 0.2) is 18.2 Å². The Bertz CT molecular complexity index is 415. The topological polar surface area (TPSA) is 29.5 Å². The molecule has 0 atom stereocenters. The van der Waals surface area contributed by atoms with Crippen molar-refractivity contribution in [1.82, 2.24) is 0 Å². The number of carbonyl (C=O) groups is 1. The minimum absolute atomic E-state index is 0.203. The molecular weight excluding hydrogens is 214 g/mol. The minimum atomic E-state index is -0.203. The van der Waals surface area contributed by atoms with Crippen molar-refractivity contribution in [2.75, 3.05) is 25.6 Å². The third-order valence-electron chi connectivity index (χ3n) is 3.37. The molecular formula is C14H19NO2. The molecule has 1 aromatic rings. The number of esters is 1. The first-order valence-electron chi connectivity index (χ1n) is 6.10. The van der Waals surface area contributed by atoms with E-state index in [9.17, 15) is 4.79 Å². The fourth-order valence-electron chi connectivity index (χ4n) is 2.31. The van der Waals surface area contributed by atoms with E-state index in [0.29, 0.717) is 6.54 Å². The van der Waals surface area contributed by atoms with Gasteiger partial charge in [0.1, 0.15) is 6.54 Å². The van der Waals surface area contributed by atoms with Gasteiger partial charge in [-0.1, -0.05) is 6.07 Å². The molecule has 1 aliphatic carbocycles. The largest absolute Gasteiger partial charge is 0.468 e. The second-order valence-electron chi connectivity index (χ2n) is 4.59. The van der Waals surface area contributed by atoms with Crippen molar-refractivity contribution in [2.24, 2.45) is 0 Å². The number of likely N-dealkylation sites (N-methyl/N-ethyl adjacent to an activating group) is 1. The quantitative estimate of drug-likeness (QED) is 0.749. The molecule has 2 rings (SSSR count). The van der Waals surface area contributed by atoms with E-state index >= 15 is 0 Å². The lowest BCUT2D eigenvalue weighted by Gasteiger charge is -2.22. The van der Waals surface area contributed by atoms with Gasteiger partial charge in [0, 0.05) is 12.7 Å². The number of hydrogen-bond acceptors (Lipinski definition) is 3. The molecule has 0 saturated carbocycles. The zero-order chi connectivity index (χ0) is 12.3. The Kier molecular flexibility index (Phi) is 3.67. The van der Waals surface area contributed by atoms with Gasteiger partial charge in [0.25, 0.3) is 0 Å². The van der Waals surface area contributed by atoms with Gasteiger partial charge in [-0.2, -0.15) is 0 Å². The molecule has 1 aliphatic rings. The van der Waals surface area contributed by atoms with E-state index in [2.05, 4.69) is 22.9 Å². The zero-order valence-corrected chi connectivity index (χ0v) is 10.5. The van der Waals surface area contributed by atoms with E-state index in [1.165, 1.54) is 37.5 Å². The highest BCUT2D eigenvalue weighted by Gasteiger charge is 2.12. The van der Waals surface area contributed by atoms with E-state index in [0.717, 1.165) is 12.1 Å². The third kappa shape index (κ3) is 2.78. The molecule has 0 bridgehead atoms. The molecule has 0 amide bonds. The first-order valence-corrected chi connectivity index (χ1v) is 6.10. The highest BCUT2D eigenvalue weighted by molar-refractivity contribution is 5.75. The molecule has 17 heavy (non-hydrogen) atoms. The van der Waals surface area contributed by atoms with Gasteiger partial charge in [-0.05, 0) is 48.9 Å². The van der Waals surface area contributed by atoms with Gasteiger partial charge in [-0.15, -0.1) is 0 Å². The lowest BCUT2D eigenvalue weighted by atomic mass is 9.91. The number of carbonyl (C=O) groups excluding carboxylic acids is 1. The summed E-state index contributed by atoms with van der Waals surface area (Å²) in [6.07, 6.45) is 4.92. The number of methoxy groups -OCH3 is 1. The molecule has 3 heteroatoms. The van der Waals surface area contributed by atoms with Crippen molar-refractivity contribution in [3.8, 4) is 0 Å². The lowest BCUT2D eigenvalue weighted by Crippen LogP contribution is -2.26. The first-order chi connectivity index (χ1) is 8.20. The third-order valence-corrected chi connectivity index (χ3v) is 3.37. The standard InChI is InChI=1S/C14H19NO2/c1-15(10-14(16)17-2)13-8-7-11-5-3-4-6-12(11)9-13/h7-9H,3-6,10H2,1-2H3. The molecule has 0 fully saturated rings. The number of rotatable bonds is 3. The van der Waals surface area contributed by atoms with Crippen LogP contribution in [0.1, 0.15) is 24.0 Å². The molecule has 0 spiro atoms. The number of anilines is 1. The first kappa shape index (κ1) is 12.0. The molecule has 0 N–H and O–H groups in total. The monoisotopic (exact) mass is 233 g/mol. The van der Waals surface area contributed by atoms with E-state index in [4.69, 9.17) is 0 Å². The van der Waals surface area contributed by atoms with Crippen LogP contribution in [-0.4, -0.2) is 26.7 Å². The van der Waals surface area contributed by atoms with Crippen LogP contribution in [0.25, 0.3) is 0 Å². The van der Waals surface area contributed by atoms with Crippen molar-refractivity contribution < 1.29 is 9.53 Å².